The van der Waals surface area contributed by atoms with Gasteiger partial charge in [0.05, 0.1) is 16.1 Å². The summed E-state index contributed by atoms with van der Waals surface area (Å²) in [6.07, 6.45) is 3.24. The van der Waals surface area contributed by atoms with Crippen LogP contribution in [0.15, 0.2) is 71.9 Å². The van der Waals surface area contributed by atoms with Crippen LogP contribution in [0.4, 0.5) is 5.69 Å². The topological polar surface area (TPSA) is 72.0 Å². The molecule has 0 bridgehead atoms. The first-order valence-electron chi connectivity index (χ1n) is 7.76. The number of pyridine rings is 2. The molecule has 4 aromatic rings. The third-order valence-electron chi connectivity index (χ3n) is 4.02. The van der Waals surface area contributed by atoms with E-state index in [4.69, 9.17) is 0 Å². The van der Waals surface area contributed by atoms with E-state index in [1.54, 1.807) is 36.7 Å². The molecule has 0 fully saturated rings. The Kier molecular flexibility index (Phi) is 3.62. The van der Waals surface area contributed by atoms with Crippen LogP contribution in [-0.2, 0) is 10.0 Å². The van der Waals surface area contributed by atoms with Crippen molar-refractivity contribution < 1.29 is 8.42 Å². The van der Waals surface area contributed by atoms with Gasteiger partial charge in [-0.25, -0.2) is 8.42 Å². The van der Waals surface area contributed by atoms with Crippen molar-refractivity contribution in [2.24, 2.45) is 0 Å². The molecule has 4 rings (SSSR count). The molecule has 0 unspecified atom stereocenters. The lowest BCUT2D eigenvalue weighted by Crippen LogP contribution is -2.14. The molecule has 0 amide bonds. The van der Waals surface area contributed by atoms with E-state index in [0.717, 1.165) is 22.0 Å². The average molecular weight is 349 g/mol. The van der Waals surface area contributed by atoms with Crippen LogP contribution in [0.5, 0.6) is 0 Å². The molecule has 2 heterocycles. The molecule has 0 aliphatic carbocycles. The molecule has 0 spiro atoms. The number of nitrogens with zero attached hydrogens (tertiary/aromatic N) is 2. The van der Waals surface area contributed by atoms with Crippen molar-refractivity contribution in [1.82, 2.24) is 9.97 Å². The summed E-state index contributed by atoms with van der Waals surface area (Å²) < 4.78 is 28.8. The minimum absolute atomic E-state index is 0.228. The molecule has 5 nitrogen and oxygen atoms in total. The Morgan fingerprint density at radius 2 is 1.80 bits per heavy atom. The van der Waals surface area contributed by atoms with E-state index in [1.165, 1.54) is 0 Å². The van der Waals surface area contributed by atoms with Crippen molar-refractivity contribution in [3.05, 3.63) is 72.7 Å². The molecule has 25 heavy (non-hydrogen) atoms. The number of para-hydroxylation sites is 1. The summed E-state index contributed by atoms with van der Waals surface area (Å²) in [4.78, 5) is 8.72. The largest absolute Gasteiger partial charge is 0.279 e. The predicted molar refractivity (Wildman–Crippen MR) is 99.0 cm³/mol. The molecule has 124 valence electrons. The number of sulfonamides is 1. The third kappa shape index (κ3) is 2.81. The Labute approximate surface area is 145 Å². The maximum Gasteiger partial charge on any atom is 0.262 e. The van der Waals surface area contributed by atoms with Crippen molar-refractivity contribution in [2.75, 3.05) is 4.72 Å². The quantitative estimate of drug-likeness (QED) is 0.609. The van der Waals surface area contributed by atoms with Gasteiger partial charge in [0.1, 0.15) is 0 Å². The van der Waals surface area contributed by atoms with E-state index in [-0.39, 0.29) is 4.90 Å². The lowest BCUT2D eigenvalue weighted by Gasteiger charge is -2.13. The van der Waals surface area contributed by atoms with Gasteiger partial charge in [-0.05, 0) is 31.2 Å². The summed E-state index contributed by atoms with van der Waals surface area (Å²) in [6, 6.07) is 16.1. The van der Waals surface area contributed by atoms with E-state index in [2.05, 4.69) is 14.7 Å². The fourth-order valence-electron chi connectivity index (χ4n) is 2.92. The Hall–Kier alpha value is -2.99. The Balaban J connectivity index is 1.88. The van der Waals surface area contributed by atoms with Gasteiger partial charge in [-0.3, -0.25) is 14.7 Å². The SMILES string of the molecule is Cc1cc(NS(=O)(=O)c2cccc3cnccc23)c2ccccc2n1. The summed E-state index contributed by atoms with van der Waals surface area (Å²) in [6.45, 7) is 1.84. The van der Waals surface area contributed by atoms with Crippen LogP contribution >= 0.6 is 0 Å². The zero-order valence-corrected chi connectivity index (χ0v) is 14.3. The Morgan fingerprint density at radius 1 is 0.960 bits per heavy atom. The van der Waals surface area contributed by atoms with Gasteiger partial charge in [-0.15, -0.1) is 0 Å². The smallest absolute Gasteiger partial charge is 0.262 e. The van der Waals surface area contributed by atoms with Crippen LogP contribution in [-0.4, -0.2) is 18.4 Å². The summed E-state index contributed by atoms with van der Waals surface area (Å²) in [5, 5.41) is 2.18. The van der Waals surface area contributed by atoms with Gasteiger partial charge < -0.3 is 0 Å². The fourth-order valence-corrected chi connectivity index (χ4v) is 4.22. The zero-order chi connectivity index (χ0) is 17.4. The molecule has 0 radical (unpaired) electrons. The molecule has 1 N–H and O–H groups in total. The van der Waals surface area contributed by atoms with Crippen molar-refractivity contribution >= 4 is 37.4 Å². The van der Waals surface area contributed by atoms with E-state index >= 15 is 0 Å². The van der Waals surface area contributed by atoms with Gasteiger partial charge in [0.2, 0.25) is 0 Å². The fraction of sp³-hybridized carbons (Fsp3) is 0.0526. The highest BCUT2D eigenvalue weighted by atomic mass is 32.2. The second kappa shape index (κ2) is 5.82. The van der Waals surface area contributed by atoms with Crippen molar-refractivity contribution in [2.45, 2.75) is 11.8 Å². The van der Waals surface area contributed by atoms with Crippen molar-refractivity contribution in [3.8, 4) is 0 Å². The van der Waals surface area contributed by atoms with E-state index in [9.17, 15) is 8.42 Å². The molecule has 0 atom stereocenters. The minimum atomic E-state index is -3.75. The Morgan fingerprint density at radius 3 is 2.68 bits per heavy atom. The molecule has 0 aliphatic rings. The van der Waals surface area contributed by atoms with Gasteiger partial charge in [0, 0.05) is 34.2 Å². The molecule has 0 saturated heterocycles. The first kappa shape index (κ1) is 15.5. The maximum atomic E-state index is 13.0. The van der Waals surface area contributed by atoms with Gasteiger partial charge in [-0.1, -0.05) is 30.3 Å². The molecule has 0 saturated carbocycles. The number of aryl methyl sites for hydroxylation is 1. The summed E-state index contributed by atoms with van der Waals surface area (Å²) in [5.74, 6) is 0. The third-order valence-corrected chi connectivity index (χ3v) is 5.44. The van der Waals surface area contributed by atoms with Crippen molar-refractivity contribution in [1.29, 1.82) is 0 Å². The van der Waals surface area contributed by atoms with Gasteiger partial charge >= 0.3 is 0 Å². The number of anilines is 1. The molecular formula is C19H15N3O2S. The zero-order valence-electron chi connectivity index (χ0n) is 13.5. The molecule has 6 heteroatoms. The highest BCUT2D eigenvalue weighted by Gasteiger charge is 2.19. The predicted octanol–water partition coefficient (Wildman–Crippen LogP) is 3.89. The summed E-state index contributed by atoms with van der Waals surface area (Å²) in [5.41, 5.74) is 2.02. The van der Waals surface area contributed by atoms with E-state index in [1.807, 2.05) is 37.3 Å². The van der Waals surface area contributed by atoms with Crippen molar-refractivity contribution in [3.63, 3.8) is 0 Å². The van der Waals surface area contributed by atoms with Gasteiger partial charge in [-0.2, -0.15) is 0 Å². The maximum absolute atomic E-state index is 13.0. The van der Waals surface area contributed by atoms with Gasteiger partial charge in [0.25, 0.3) is 10.0 Å². The number of hydrogen-bond donors (Lipinski definition) is 1. The van der Waals surface area contributed by atoms with E-state index < -0.39 is 10.0 Å². The first-order chi connectivity index (χ1) is 12.0. The van der Waals surface area contributed by atoms with Crippen LogP contribution in [0.1, 0.15) is 5.69 Å². The molecule has 2 aromatic heterocycles. The number of nitrogens with one attached hydrogen (secondary N) is 1. The second-order valence-corrected chi connectivity index (χ2v) is 7.44. The summed E-state index contributed by atoms with van der Waals surface area (Å²) >= 11 is 0. The van der Waals surface area contributed by atoms with Crippen LogP contribution in [0.2, 0.25) is 0 Å². The normalized spacial score (nSPS) is 11.7. The summed E-state index contributed by atoms with van der Waals surface area (Å²) in [7, 11) is -3.75. The molecule has 2 aromatic carbocycles. The first-order valence-corrected chi connectivity index (χ1v) is 9.25. The molecule has 0 aliphatic heterocycles. The number of fused-ring (bicyclic) bond motifs is 2. The lowest BCUT2D eigenvalue weighted by atomic mass is 10.2. The minimum Gasteiger partial charge on any atom is -0.279 e. The van der Waals surface area contributed by atoms with Crippen LogP contribution in [0.25, 0.3) is 21.7 Å². The Bertz CT molecular complexity index is 1200. The van der Waals surface area contributed by atoms with Crippen LogP contribution in [0.3, 0.4) is 0 Å². The standard InChI is InChI=1S/C19H15N3O2S/c1-13-11-18(16-6-2-3-7-17(16)21-13)22-25(23,24)19-8-4-5-14-12-20-10-9-15(14)19/h2-12H,1H3,(H,21,22). The lowest BCUT2D eigenvalue weighted by molar-refractivity contribution is 0.602. The van der Waals surface area contributed by atoms with Gasteiger partial charge in [0.15, 0.2) is 0 Å². The number of hydrogen-bond acceptors (Lipinski definition) is 4. The van der Waals surface area contributed by atoms with Crippen LogP contribution in [0, 0.1) is 6.92 Å². The second-order valence-electron chi connectivity index (χ2n) is 5.79. The van der Waals surface area contributed by atoms with E-state index in [0.29, 0.717) is 11.1 Å². The number of aromatic nitrogens is 2. The highest BCUT2D eigenvalue weighted by molar-refractivity contribution is 7.93. The highest BCUT2D eigenvalue weighted by Crippen LogP contribution is 2.28. The molecular weight excluding hydrogens is 334 g/mol. The average Bonchev–Trinajstić information content (AvgIpc) is 2.61. The number of rotatable bonds is 3. The number of benzene rings is 2. The van der Waals surface area contributed by atoms with Crippen LogP contribution < -0.4 is 4.72 Å². The monoisotopic (exact) mass is 349 g/mol.